The number of hydrogen-bond donors (Lipinski definition) is 1. The van der Waals surface area contributed by atoms with Crippen LogP contribution in [-0.2, 0) is 0 Å². The third-order valence-electron chi connectivity index (χ3n) is 2.30. The largest absolute Gasteiger partial charge is 0.494 e. The Kier molecular flexibility index (Phi) is 4.15. The predicted octanol–water partition coefficient (Wildman–Crippen LogP) is 3.39. The number of halogens is 1. The zero-order chi connectivity index (χ0) is 12.3. The molecule has 1 aromatic heterocycles. The zero-order valence-corrected chi connectivity index (χ0v) is 11.7. The number of benzene rings is 1. The lowest BCUT2D eigenvalue weighted by atomic mass is 10.1. The summed E-state index contributed by atoms with van der Waals surface area (Å²) in [7, 11) is 0. The van der Waals surface area contributed by atoms with E-state index in [2.05, 4.69) is 20.9 Å². The van der Waals surface area contributed by atoms with Crippen molar-refractivity contribution in [3.63, 3.8) is 0 Å². The smallest absolute Gasteiger partial charge is 0.123 e. The molecule has 90 valence electrons. The van der Waals surface area contributed by atoms with Gasteiger partial charge in [-0.15, -0.1) is 11.3 Å². The van der Waals surface area contributed by atoms with Crippen LogP contribution < -0.4 is 4.74 Å². The van der Waals surface area contributed by atoms with Gasteiger partial charge < -0.3 is 9.84 Å². The Hall–Kier alpha value is -0.910. The highest BCUT2D eigenvalue weighted by molar-refractivity contribution is 9.10. The SMILES string of the molecule is CCOc1ccc(C(O)c2scnc2Br)cc1. The van der Waals surface area contributed by atoms with Crippen molar-refractivity contribution in [3.8, 4) is 5.75 Å². The van der Waals surface area contributed by atoms with Crippen LogP contribution in [0.2, 0.25) is 0 Å². The van der Waals surface area contributed by atoms with E-state index in [1.807, 2.05) is 31.2 Å². The third kappa shape index (κ3) is 2.86. The number of aliphatic hydroxyl groups is 1. The molecule has 0 aliphatic heterocycles. The lowest BCUT2D eigenvalue weighted by molar-refractivity contribution is 0.223. The molecule has 17 heavy (non-hydrogen) atoms. The van der Waals surface area contributed by atoms with E-state index in [-0.39, 0.29) is 0 Å². The molecule has 0 spiro atoms. The van der Waals surface area contributed by atoms with E-state index >= 15 is 0 Å². The van der Waals surface area contributed by atoms with E-state index < -0.39 is 6.10 Å². The number of ether oxygens (including phenoxy) is 1. The third-order valence-corrected chi connectivity index (χ3v) is 4.08. The second-order valence-electron chi connectivity index (χ2n) is 3.41. The predicted molar refractivity (Wildman–Crippen MR) is 71.5 cm³/mol. The van der Waals surface area contributed by atoms with E-state index in [1.54, 1.807) is 5.51 Å². The van der Waals surface area contributed by atoms with Crippen molar-refractivity contribution < 1.29 is 9.84 Å². The normalized spacial score (nSPS) is 12.4. The summed E-state index contributed by atoms with van der Waals surface area (Å²) >= 11 is 4.75. The summed E-state index contributed by atoms with van der Waals surface area (Å²) in [6.07, 6.45) is -0.646. The standard InChI is InChI=1S/C12H12BrNO2S/c1-2-16-9-5-3-8(4-6-9)10(15)11-12(13)14-7-17-11/h3-7,10,15H,2H2,1H3. The van der Waals surface area contributed by atoms with Gasteiger partial charge in [-0.2, -0.15) is 0 Å². The Morgan fingerprint density at radius 2 is 2.12 bits per heavy atom. The molecule has 0 amide bonds. The van der Waals surface area contributed by atoms with Gasteiger partial charge in [-0.05, 0) is 40.5 Å². The van der Waals surface area contributed by atoms with Gasteiger partial charge in [0.1, 0.15) is 16.5 Å². The minimum absolute atomic E-state index is 0.641. The summed E-state index contributed by atoms with van der Waals surface area (Å²) in [4.78, 5) is 4.87. The lowest BCUT2D eigenvalue weighted by Gasteiger charge is -2.10. The van der Waals surface area contributed by atoms with E-state index in [0.29, 0.717) is 11.2 Å². The van der Waals surface area contributed by atoms with E-state index in [0.717, 1.165) is 16.2 Å². The fourth-order valence-electron chi connectivity index (χ4n) is 1.48. The number of hydrogen-bond acceptors (Lipinski definition) is 4. The van der Waals surface area contributed by atoms with Crippen molar-refractivity contribution >= 4 is 27.3 Å². The molecule has 0 bridgehead atoms. The fourth-order valence-corrected chi connectivity index (χ4v) is 2.91. The number of nitrogens with zero attached hydrogens (tertiary/aromatic N) is 1. The van der Waals surface area contributed by atoms with Crippen molar-refractivity contribution in [2.75, 3.05) is 6.61 Å². The van der Waals surface area contributed by atoms with Gasteiger partial charge in [0.15, 0.2) is 0 Å². The lowest BCUT2D eigenvalue weighted by Crippen LogP contribution is -1.98. The first-order valence-corrected chi connectivity index (χ1v) is 6.89. The van der Waals surface area contributed by atoms with Crippen LogP contribution in [0.1, 0.15) is 23.5 Å². The first kappa shape index (κ1) is 12.5. The molecule has 1 unspecified atom stereocenters. The molecule has 5 heteroatoms. The second-order valence-corrected chi connectivity index (χ2v) is 5.05. The first-order valence-electron chi connectivity index (χ1n) is 5.22. The first-order chi connectivity index (χ1) is 8.22. The second kappa shape index (κ2) is 5.62. The monoisotopic (exact) mass is 313 g/mol. The Balaban J connectivity index is 2.20. The molecule has 1 aromatic carbocycles. The molecular weight excluding hydrogens is 302 g/mol. The summed E-state index contributed by atoms with van der Waals surface area (Å²) in [5.74, 6) is 0.812. The average Bonchev–Trinajstić information content (AvgIpc) is 2.76. The van der Waals surface area contributed by atoms with Crippen LogP contribution in [-0.4, -0.2) is 16.7 Å². The van der Waals surface area contributed by atoms with Gasteiger partial charge in [0.25, 0.3) is 0 Å². The number of aliphatic hydroxyl groups excluding tert-OH is 1. The van der Waals surface area contributed by atoms with Crippen LogP contribution in [0.4, 0.5) is 0 Å². The van der Waals surface area contributed by atoms with Gasteiger partial charge in [-0.3, -0.25) is 0 Å². The topological polar surface area (TPSA) is 42.4 Å². The van der Waals surface area contributed by atoms with E-state index in [1.165, 1.54) is 11.3 Å². The molecule has 0 fully saturated rings. The molecule has 2 rings (SSSR count). The number of rotatable bonds is 4. The molecular formula is C12H12BrNO2S. The highest BCUT2D eigenvalue weighted by atomic mass is 79.9. The van der Waals surface area contributed by atoms with Crippen LogP contribution in [0.15, 0.2) is 34.4 Å². The van der Waals surface area contributed by atoms with Crippen molar-refractivity contribution in [3.05, 3.63) is 44.8 Å². The van der Waals surface area contributed by atoms with Crippen LogP contribution in [0.5, 0.6) is 5.75 Å². The summed E-state index contributed by atoms with van der Waals surface area (Å²) < 4.78 is 6.05. The molecule has 3 nitrogen and oxygen atoms in total. The number of thiazole rings is 1. The Morgan fingerprint density at radius 1 is 1.41 bits per heavy atom. The van der Waals surface area contributed by atoms with E-state index in [4.69, 9.17) is 4.74 Å². The number of aromatic nitrogens is 1. The van der Waals surface area contributed by atoms with Crippen molar-refractivity contribution in [2.45, 2.75) is 13.0 Å². The molecule has 2 aromatic rings. The summed E-state index contributed by atoms with van der Waals surface area (Å²) in [6.45, 7) is 2.58. The van der Waals surface area contributed by atoms with Crippen molar-refractivity contribution in [1.82, 2.24) is 4.98 Å². The zero-order valence-electron chi connectivity index (χ0n) is 9.26. The molecule has 0 saturated carbocycles. The average molecular weight is 314 g/mol. The molecule has 0 radical (unpaired) electrons. The highest BCUT2D eigenvalue weighted by Crippen LogP contribution is 2.31. The molecule has 0 aliphatic carbocycles. The quantitative estimate of drug-likeness (QED) is 0.940. The van der Waals surface area contributed by atoms with Crippen LogP contribution in [0.3, 0.4) is 0 Å². The van der Waals surface area contributed by atoms with E-state index in [9.17, 15) is 5.11 Å². The van der Waals surface area contributed by atoms with Gasteiger partial charge in [0.2, 0.25) is 0 Å². The summed E-state index contributed by atoms with van der Waals surface area (Å²) in [5, 5.41) is 10.2. The van der Waals surface area contributed by atoms with Gasteiger partial charge in [0, 0.05) is 0 Å². The van der Waals surface area contributed by atoms with Crippen molar-refractivity contribution in [1.29, 1.82) is 0 Å². The molecule has 1 atom stereocenters. The Bertz CT molecular complexity index is 484. The van der Waals surface area contributed by atoms with Gasteiger partial charge in [0.05, 0.1) is 17.0 Å². The van der Waals surface area contributed by atoms with Gasteiger partial charge in [-0.25, -0.2) is 4.98 Å². The summed E-state index contributed by atoms with van der Waals surface area (Å²) in [6, 6.07) is 7.44. The molecule has 0 aliphatic rings. The maximum atomic E-state index is 10.2. The van der Waals surface area contributed by atoms with Crippen LogP contribution in [0.25, 0.3) is 0 Å². The van der Waals surface area contributed by atoms with Gasteiger partial charge in [-0.1, -0.05) is 12.1 Å². The minimum Gasteiger partial charge on any atom is -0.494 e. The fraction of sp³-hybridized carbons (Fsp3) is 0.250. The van der Waals surface area contributed by atoms with Gasteiger partial charge >= 0.3 is 0 Å². The summed E-state index contributed by atoms with van der Waals surface area (Å²) in [5.41, 5.74) is 2.54. The molecule has 1 N–H and O–H groups in total. The minimum atomic E-state index is -0.646. The highest BCUT2D eigenvalue weighted by Gasteiger charge is 2.15. The Morgan fingerprint density at radius 3 is 2.65 bits per heavy atom. The Labute approximate surface area is 112 Å². The molecule has 1 heterocycles. The van der Waals surface area contributed by atoms with Crippen molar-refractivity contribution in [2.24, 2.45) is 0 Å². The maximum Gasteiger partial charge on any atom is 0.123 e. The molecule has 0 saturated heterocycles. The maximum absolute atomic E-state index is 10.2. The van der Waals surface area contributed by atoms with Crippen LogP contribution in [0, 0.1) is 0 Å². The van der Waals surface area contributed by atoms with Crippen LogP contribution >= 0.6 is 27.3 Å².